The van der Waals surface area contributed by atoms with E-state index in [0.29, 0.717) is 30.8 Å². The molecule has 7 nitrogen and oxygen atoms in total. The number of halogens is 1. The second-order valence-corrected chi connectivity index (χ2v) is 9.33. The number of nitrogens with zero attached hydrogens (tertiary/aromatic N) is 1. The Morgan fingerprint density at radius 3 is 2.39 bits per heavy atom. The van der Waals surface area contributed by atoms with Gasteiger partial charge in [-0.05, 0) is 73.0 Å². The van der Waals surface area contributed by atoms with E-state index >= 15 is 0 Å². The first kappa shape index (κ1) is 22.5. The first-order valence-electron chi connectivity index (χ1n) is 10.2. The Morgan fingerprint density at radius 2 is 1.70 bits per heavy atom. The van der Waals surface area contributed by atoms with Crippen LogP contribution in [0.5, 0.6) is 0 Å². The number of amides is 1. The fourth-order valence-corrected chi connectivity index (χ4v) is 5.33. The van der Waals surface area contributed by atoms with E-state index in [4.69, 9.17) is 4.74 Å². The molecule has 0 unspecified atom stereocenters. The Balaban J connectivity index is 1.61. The van der Waals surface area contributed by atoms with E-state index in [0.717, 1.165) is 17.7 Å². The van der Waals surface area contributed by atoms with Crippen molar-refractivity contribution in [1.82, 2.24) is 0 Å². The van der Waals surface area contributed by atoms with Gasteiger partial charge in [-0.2, -0.15) is 0 Å². The van der Waals surface area contributed by atoms with Gasteiger partial charge >= 0.3 is 5.97 Å². The Morgan fingerprint density at radius 1 is 1.00 bits per heavy atom. The molecule has 0 atom stereocenters. The number of esters is 1. The van der Waals surface area contributed by atoms with Crippen LogP contribution in [0.15, 0.2) is 71.6 Å². The van der Waals surface area contributed by atoms with E-state index in [-0.39, 0.29) is 16.0 Å². The second-order valence-electron chi connectivity index (χ2n) is 7.47. The molecule has 4 rings (SSSR count). The van der Waals surface area contributed by atoms with Crippen LogP contribution >= 0.6 is 0 Å². The number of benzene rings is 3. The molecule has 33 heavy (non-hydrogen) atoms. The number of fused-ring (bicyclic) bond motifs is 1. The van der Waals surface area contributed by atoms with Gasteiger partial charge in [-0.15, -0.1) is 0 Å². The fourth-order valence-electron chi connectivity index (χ4n) is 3.79. The SMILES string of the molecule is COC(=O)c1ccccc1C(=O)Nc1ccc2c(c1)CCCN2S(=O)(=O)c1ccc(F)cc1. The van der Waals surface area contributed by atoms with Crippen molar-refractivity contribution >= 4 is 33.3 Å². The van der Waals surface area contributed by atoms with Crippen LogP contribution in [-0.4, -0.2) is 33.9 Å². The van der Waals surface area contributed by atoms with Gasteiger partial charge in [0.25, 0.3) is 15.9 Å². The third-order valence-corrected chi connectivity index (χ3v) is 7.22. The normalized spacial score (nSPS) is 13.2. The van der Waals surface area contributed by atoms with Crippen molar-refractivity contribution in [2.45, 2.75) is 17.7 Å². The minimum atomic E-state index is -3.86. The van der Waals surface area contributed by atoms with Crippen LogP contribution in [0.3, 0.4) is 0 Å². The number of carbonyl (C=O) groups is 2. The first-order chi connectivity index (χ1) is 15.8. The van der Waals surface area contributed by atoms with Crippen molar-refractivity contribution in [2.75, 3.05) is 23.3 Å². The lowest BCUT2D eigenvalue weighted by Gasteiger charge is -2.31. The standard InChI is InChI=1S/C24H21FN2O5S/c1-32-24(29)21-7-3-2-6-20(21)23(28)26-18-10-13-22-16(15-18)5-4-14-27(22)33(30,31)19-11-8-17(25)9-12-19/h2-3,6-13,15H,4-5,14H2,1H3,(H,26,28). The number of carbonyl (C=O) groups excluding carboxylic acids is 2. The molecule has 170 valence electrons. The zero-order valence-electron chi connectivity index (χ0n) is 17.7. The molecular formula is C24H21FN2O5S. The molecule has 0 radical (unpaired) electrons. The van der Waals surface area contributed by atoms with Crippen LogP contribution < -0.4 is 9.62 Å². The molecule has 1 amide bonds. The number of aryl methyl sites for hydroxylation is 1. The molecule has 1 N–H and O–H groups in total. The molecule has 0 spiro atoms. The molecule has 0 fully saturated rings. The van der Waals surface area contributed by atoms with Crippen LogP contribution in [-0.2, 0) is 21.2 Å². The van der Waals surface area contributed by atoms with E-state index in [1.54, 1.807) is 30.3 Å². The van der Waals surface area contributed by atoms with Crippen molar-refractivity contribution in [3.8, 4) is 0 Å². The third-order valence-electron chi connectivity index (χ3n) is 5.39. The van der Waals surface area contributed by atoms with Gasteiger partial charge in [-0.1, -0.05) is 12.1 Å². The van der Waals surface area contributed by atoms with Crippen LogP contribution in [0, 0.1) is 5.82 Å². The molecule has 0 saturated carbocycles. The molecule has 0 bridgehead atoms. The summed E-state index contributed by atoms with van der Waals surface area (Å²) in [6.45, 7) is 0.297. The van der Waals surface area contributed by atoms with E-state index in [2.05, 4.69) is 5.32 Å². The molecule has 1 heterocycles. The highest BCUT2D eigenvalue weighted by Crippen LogP contribution is 2.34. The number of nitrogens with one attached hydrogen (secondary N) is 1. The zero-order valence-corrected chi connectivity index (χ0v) is 18.6. The summed E-state index contributed by atoms with van der Waals surface area (Å²) in [4.78, 5) is 24.8. The average molecular weight is 469 g/mol. The predicted molar refractivity (Wildman–Crippen MR) is 121 cm³/mol. The van der Waals surface area contributed by atoms with Gasteiger partial charge in [0.05, 0.1) is 28.8 Å². The summed E-state index contributed by atoms with van der Waals surface area (Å²) in [6, 6.07) is 16.0. The smallest absolute Gasteiger partial charge is 0.338 e. The molecule has 1 aliphatic heterocycles. The van der Waals surface area contributed by atoms with E-state index in [1.165, 1.54) is 35.7 Å². The van der Waals surface area contributed by atoms with Crippen LogP contribution in [0.2, 0.25) is 0 Å². The van der Waals surface area contributed by atoms with Crippen LogP contribution in [0.4, 0.5) is 15.8 Å². The van der Waals surface area contributed by atoms with Crippen molar-refractivity contribution in [1.29, 1.82) is 0 Å². The average Bonchev–Trinajstić information content (AvgIpc) is 2.83. The quantitative estimate of drug-likeness (QED) is 0.572. The van der Waals surface area contributed by atoms with Gasteiger partial charge in [0, 0.05) is 12.2 Å². The summed E-state index contributed by atoms with van der Waals surface area (Å²) in [7, 11) is -2.62. The summed E-state index contributed by atoms with van der Waals surface area (Å²) in [5.41, 5.74) is 2.05. The van der Waals surface area contributed by atoms with E-state index in [9.17, 15) is 22.4 Å². The van der Waals surface area contributed by atoms with Gasteiger partial charge in [0.2, 0.25) is 0 Å². The second kappa shape index (κ2) is 9.03. The summed E-state index contributed by atoms with van der Waals surface area (Å²) in [6.07, 6.45) is 1.23. The lowest BCUT2D eigenvalue weighted by Crippen LogP contribution is -2.35. The zero-order chi connectivity index (χ0) is 23.6. The molecule has 3 aromatic carbocycles. The highest BCUT2D eigenvalue weighted by Gasteiger charge is 2.29. The topological polar surface area (TPSA) is 92.8 Å². The summed E-state index contributed by atoms with van der Waals surface area (Å²) in [5, 5.41) is 2.76. The van der Waals surface area contributed by atoms with E-state index in [1.807, 2.05) is 0 Å². The number of rotatable bonds is 5. The van der Waals surface area contributed by atoms with E-state index < -0.39 is 27.7 Å². The third kappa shape index (κ3) is 4.45. The molecule has 1 aliphatic rings. The number of sulfonamides is 1. The number of hydrogen-bond donors (Lipinski definition) is 1. The molecule has 9 heteroatoms. The Kier molecular flexibility index (Phi) is 6.15. The number of methoxy groups -OCH3 is 1. The lowest BCUT2D eigenvalue weighted by atomic mass is 10.0. The maximum Gasteiger partial charge on any atom is 0.338 e. The lowest BCUT2D eigenvalue weighted by molar-refractivity contribution is 0.0597. The maximum absolute atomic E-state index is 13.2. The van der Waals surface area contributed by atoms with Gasteiger partial charge in [-0.3, -0.25) is 9.10 Å². The Hall–Kier alpha value is -3.72. The Bertz CT molecular complexity index is 1320. The summed E-state index contributed by atoms with van der Waals surface area (Å²) < 4.78 is 45.5. The Labute approximate surface area is 190 Å². The van der Waals surface area contributed by atoms with Gasteiger partial charge < -0.3 is 10.1 Å². The van der Waals surface area contributed by atoms with Crippen molar-refractivity contribution in [3.63, 3.8) is 0 Å². The maximum atomic E-state index is 13.2. The minimum Gasteiger partial charge on any atom is -0.465 e. The van der Waals surface area contributed by atoms with Crippen molar-refractivity contribution in [3.05, 3.63) is 89.2 Å². The van der Waals surface area contributed by atoms with Gasteiger partial charge in [0.1, 0.15) is 5.82 Å². The minimum absolute atomic E-state index is 0.00791. The monoisotopic (exact) mass is 468 g/mol. The van der Waals surface area contributed by atoms with Gasteiger partial charge in [0.15, 0.2) is 0 Å². The van der Waals surface area contributed by atoms with Crippen molar-refractivity contribution < 1.29 is 27.1 Å². The number of hydrogen-bond acceptors (Lipinski definition) is 5. The molecule has 0 aromatic heterocycles. The van der Waals surface area contributed by atoms with Crippen LogP contribution in [0.25, 0.3) is 0 Å². The highest BCUT2D eigenvalue weighted by molar-refractivity contribution is 7.92. The highest BCUT2D eigenvalue weighted by atomic mass is 32.2. The van der Waals surface area contributed by atoms with Crippen LogP contribution in [0.1, 0.15) is 32.7 Å². The number of ether oxygens (including phenoxy) is 1. The fraction of sp³-hybridized carbons (Fsp3) is 0.167. The summed E-state index contributed by atoms with van der Waals surface area (Å²) in [5.74, 6) is -1.61. The predicted octanol–water partition coefficient (Wildman–Crippen LogP) is 4.01. The molecular weight excluding hydrogens is 447 g/mol. The molecule has 0 saturated heterocycles. The number of anilines is 2. The first-order valence-corrected chi connectivity index (χ1v) is 11.6. The summed E-state index contributed by atoms with van der Waals surface area (Å²) >= 11 is 0. The molecule has 0 aliphatic carbocycles. The van der Waals surface area contributed by atoms with Gasteiger partial charge in [-0.25, -0.2) is 17.6 Å². The molecule has 3 aromatic rings. The largest absolute Gasteiger partial charge is 0.465 e. The van der Waals surface area contributed by atoms with Crippen molar-refractivity contribution in [2.24, 2.45) is 0 Å².